The molecule has 0 aliphatic heterocycles. The number of carbonyl (C=O) groups excluding carboxylic acids is 1. The molecular weight excluding hydrogens is 203 g/mol. The summed E-state index contributed by atoms with van der Waals surface area (Å²) in [5.41, 5.74) is 0.535. The molecule has 0 heterocycles. The third kappa shape index (κ3) is 4.39. The van der Waals surface area contributed by atoms with E-state index in [0.717, 1.165) is 12.8 Å². The van der Waals surface area contributed by atoms with Crippen molar-refractivity contribution in [3.05, 3.63) is 47.8 Å². The van der Waals surface area contributed by atoms with Crippen molar-refractivity contribution in [2.24, 2.45) is 0 Å². The van der Waals surface area contributed by atoms with Crippen LogP contribution in [-0.4, -0.2) is 5.78 Å². The van der Waals surface area contributed by atoms with Crippen molar-refractivity contribution in [1.29, 1.82) is 0 Å². The highest BCUT2D eigenvalue weighted by Crippen LogP contribution is 2.05. The number of halogens is 1. The van der Waals surface area contributed by atoms with Gasteiger partial charge in [0.15, 0.2) is 5.78 Å². The second kappa shape index (κ2) is 6.94. The number of hydrogen-bond donors (Lipinski definition) is 0. The largest absolute Gasteiger partial charge is 0.289 e. The van der Waals surface area contributed by atoms with Gasteiger partial charge in [-0.25, -0.2) is 4.39 Å². The lowest BCUT2D eigenvalue weighted by molar-refractivity contribution is 0.104. The Hall–Kier alpha value is -1.44. The number of unbranched alkanes of at least 4 members (excludes halogenated alkanes) is 3. The fourth-order valence-corrected chi connectivity index (χ4v) is 1.41. The number of benzene rings is 1. The Labute approximate surface area is 96.0 Å². The van der Waals surface area contributed by atoms with Crippen LogP contribution in [0.1, 0.15) is 43.0 Å². The predicted octanol–water partition coefficient (Wildman–Crippen LogP) is 4.14. The van der Waals surface area contributed by atoms with E-state index in [2.05, 4.69) is 6.92 Å². The van der Waals surface area contributed by atoms with E-state index in [4.69, 9.17) is 0 Å². The van der Waals surface area contributed by atoms with Gasteiger partial charge in [0.05, 0.1) is 0 Å². The van der Waals surface area contributed by atoms with E-state index in [1.807, 2.05) is 6.08 Å². The Morgan fingerprint density at radius 2 is 1.94 bits per heavy atom. The van der Waals surface area contributed by atoms with Gasteiger partial charge in [0.25, 0.3) is 0 Å². The predicted molar refractivity (Wildman–Crippen MR) is 64.0 cm³/mol. The molecular formula is C14H17FO. The second-order valence-corrected chi connectivity index (χ2v) is 3.77. The summed E-state index contributed by atoms with van der Waals surface area (Å²) in [6.45, 7) is 2.15. The summed E-state index contributed by atoms with van der Waals surface area (Å²) >= 11 is 0. The van der Waals surface area contributed by atoms with Crippen LogP contribution in [-0.2, 0) is 0 Å². The molecule has 2 heteroatoms. The molecule has 0 saturated carbocycles. The minimum Gasteiger partial charge on any atom is -0.289 e. The van der Waals surface area contributed by atoms with Gasteiger partial charge >= 0.3 is 0 Å². The summed E-state index contributed by atoms with van der Waals surface area (Å²) in [5, 5.41) is 0. The minimum atomic E-state index is -0.316. The van der Waals surface area contributed by atoms with Crippen molar-refractivity contribution >= 4 is 5.78 Å². The van der Waals surface area contributed by atoms with Gasteiger partial charge in [0, 0.05) is 5.56 Å². The summed E-state index contributed by atoms with van der Waals surface area (Å²) in [6.07, 6.45) is 7.88. The van der Waals surface area contributed by atoms with Crippen molar-refractivity contribution in [1.82, 2.24) is 0 Å². The Bertz CT molecular complexity index is 352. The van der Waals surface area contributed by atoms with Crippen LogP contribution >= 0.6 is 0 Å². The highest BCUT2D eigenvalue weighted by Gasteiger charge is 2.00. The molecule has 0 radical (unpaired) electrons. The first-order valence-corrected chi connectivity index (χ1v) is 5.70. The van der Waals surface area contributed by atoms with E-state index in [1.54, 1.807) is 6.08 Å². The van der Waals surface area contributed by atoms with Crippen LogP contribution in [0, 0.1) is 5.82 Å². The number of carbonyl (C=O) groups is 1. The van der Waals surface area contributed by atoms with E-state index in [1.165, 1.54) is 37.1 Å². The number of allylic oxidation sites excluding steroid dienone is 2. The summed E-state index contributed by atoms with van der Waals surface area (Å²) in [5.74, 6) is -0.375. The maximum absolute atomic E-state index is 12.6. The first-order valence-electron chi connectivity index (χ1n) is 5.70. The van der Waals surface area contributed by atoms with Gasteiger partial charge in [-0.05, 0) is 43.2 Å². The average molecular weight is 220 g/mol. The van der Waals surface area contributed by atoms with Crippen LogP contribution in [0.2, 0.25) is 0 Å². The molecule has 0 bridgehead atoms. The summed E-state index contributed by atoms with van der Waals surface area (Å²) in [4.78, 5) is 11.6. The molecule has 0 amide bonds. The average Bonchev–Trinajstić information content (AvgIpc) is 2.29. The minimum absolute atomic E-state index is 0.0588. The zero-order valence-electron chi connectivity index (χ0n) is 9.58. The van der Waals surface area contributed by atoms with Crippen molar-refractivity contribution in [2.75, 3.05) is 0 Å². The second-order valence-electron chi connectivity index (χ2n) is 3.77. The van der Waals surface area contributed by atoms with Crippen molar-refractivity contribution in [3.63, 3.8) is 0 Å². The van der Waals surface area contributed by atoms with Crippen molar-refractivity contribution in [2.45, 2.75) is 32.6 Å². The first kappa shape index (κ1) is 12.6. The molecule has 0 atom stereocenters. The Balaban J connectivity index is 2.43. The molecule has 0 unspecified atom stereocenters. The van der Waals surface area contributed by atoms with Gasteiger partial charge in [-0.1, -0.05) is 25.8 Å². The van der Waals surface area contributed by atoms with Gasteiger partial charge < -0.3 is 0 Å². The van der Waals surface area contributed by atoms with Crippen LogP contribution in [0.5, 0.6) is 0 Å². The monoisotopic (exact) mass is 220 g/mol. The molecule has 1 aromatic rings. The number of ketones is 1. The van der Waals surface area contributed by atoms with Crippen LogP contribution in [0.3, 0.4) is 0 Å². The normalized spacial score (nSPS) is 10.9. The summed E-state index contributed by atoms with van der Waals surface area (Å²) in [7, 11) is 0. The highest BCUT2D eigenvalue weighted by molar-refractivity contribution is 6.04. The molecule has 0 aliphatic rings. The van der Waals surface area contributed by atoms with Crippen LogP contribution in [0.4, 0.5) is 4.39 Å². The van der Waals surface area contributed by atoms with Crippen LogP contribution < -0.4 is 0 Å². The maximum atomic E-state index is 12.6. The lowest BCUT2D eigenvalue weighted by Gasteiger charge is -1.95. The molecule has 0 spiro atoms. The Morgan fingerprint density at radius 1 is 1.25 bits per heavy atom. The van der Waals surface area contributed by atoms with Crippen LogP contribution in [0.15, 0.2) is 36.4 Å². The van der Waals surface area contributed by atoms with E-state index < -0.39 is 0 Å². The lowest BCUT2D eigenvalue weighted by Crippen LogP contribution is -1.93. The van der Waals surface area contributed by atoms with Gasteiger partial charge in [-0.3, -0.25) is 4.79 Å². The van der Waals surface area contributed by atoms with E-state index >= 15 is 0 Å². The molecule has 16 heavy (non-hydrogen) atoms. The fourth-order valence-electron chi connectivity index (χ4n) is 1.41. The molecule has 0 N–H and O–H groups in total. The zero-order valence-corrected chi connectivity index (χ0v) is 9.58. The summed E-state index contributed by atoms with van der Waals surface area (Å²) < 4.78 is 12.6. The van der Waals surface area contributed by atoms with Gasteiger partial charge in [-0.2, -0.15) is 0 Å². The molecule has 0 saturated heterocycles. The molecule has 86 valence electrons. The third-order valence-electron chi connectivity index (χ3n) is 2.37. The number of hydrogen-bond acceptors (Lipinski definition) is 1. The van der Waals surface area contributed by atoms with E-state index in [0.29, 0.717) is 5.56 Å². The van der Waals surface area contributed by atoms with Crippen molar-refractivity contribution < 1.29 is 9.18 Å². The van der Waals surface area contributed by atoms with Crippen LogP contribution in [0.25, 0.3) is 0 Å². The summed E-state index contributed by atoms with van der Waals surface area (Å²) in [6, 6.07) is 5.62. The standard InChI is InChI=1S/C14H17FO/c1-2-3-4-5-6-7-14(16)12-8-10-13(15)11-9-12/h6-11H,2-5H2,1H3/b7-6+. The van der Waals surface area contributed by atoms with Gasteiger partial charge in [0.1, 0.15) is 5.82 Å². The molecule has 0 aliphatic carbocycles. The lowest BCUT2D eigenvalue weighted by atomic mass is 10.1. The van der Waals surface area contributed by atoms with Gasteiger partial charge in [0.2, 0.25) is 0 Å². The number of rotatable bonds is 6. The molecule has 1 nitrogen and oxygen atoms in total. The third-order valence-corrected chi connectivity index (χ3v) is 2.37. The molecule has 1 aromatic carbocycles. The Kier molecular flexibility index (Phi) is 5.48. The fraction of sp³-hybridized carbons (Fsp3) is 0.357. The maximum Gasteiger partial charge on any atom is 0.185 e. The zero-order chi connectivity index (χ0) is 11.8. The van der Waals surface area contributed by atoms with E-state index in [-0.39, 0.29) is 11.6 Å². The van der Waals surface area contributed by atoms with Crippen molar-refractivity contribution in [3.8, 4) is 0 Å². The Morgan fingerprint density at radius 3 is 2.56 bits per heavy atom. The molecule has 0 fully saturated rings. The first-order chi connectivity index (χ1) is 7.74. The highest BCUT2D eigenvalue weighted by atomic mass is 19.1. The van der Waals surface area contributed by atoms with Gasteiger partial charge in [-0.15, -0.1) is 0 Å². The quantitative estimate of drug-likeness (QED) is 0.400. The van der Waals surface area contributed by atoms with E-state index in [9.17, 15) is 9.18 Å². The SMILES string of the molecule is CCCCC/C=C/C(=O)c1ccc(F)cc1. The molecule has 1 rings (SSSR count). The molecule has 0 aromatic heterocycles. The smallest absolute Gasteiger partial charge is 0.185 e. The topological polar surface area (TPSA) is 17.1 Å².